The molecule has 1 aromatic carbocycles. The topological polar surface area (TPSA) is 64.3 Å². The summed E-state index contributed by atoms with van der Waals surface area (Å²) in [7, 11) is 0. The number of nitrogens with two attached hydrogens (primary N) is 1. The Bertz CT molecular complexity index is 717. The Kier molecular flexibility index (Phi) is 2.85. The first-order valence-corrected chi connectivity index (χ1v) is 5.87. The summed E-state index contributed by atoms with van der Waals surface area (Å²) in [5.74, 6) is 6.68. The van der Waals surface area contributed by atoms with E-state index in [1.807, 2.05) is 13.0 Å². The fraction of sp³-hybridized carbons (Fsp3) is 0.143. The van der Waals surface area contributed by atoms with Crippen molar-refractivity contribution in [3.05, 3.63) is 59.5 Å². The number of rotatable bonds is 3. The lowest BCUT2D eigenvalue weighted by Crippen LogP contribution is -2.28. The lowest BCUT2D eigenvalue weighted by atomic mass is 10.1. The Balaban J connectivity index is 2.06. The molecule has 0 saturated carbocycles. The maximum absolute atomic E-state index is 13.2. The largest absolute Gasteiger partial charge is 0.469 e. The SMILES string of the molecule is Cc1cc(C(NN)c2cc3cc(F)ccc3o2)co1. The number of hydrazine groups is 1. The second-order valence-electron chi connectivity index (χ2n) is 4.42. The quantitative estimate of drug-likeness (QED) is 0.561. The van der Waals surface area contributed by atoms with Gasteiger partial charge >= 0.3 is 0 Å². The van der Waals surface area contributed by atoms with Gasteiger partial charge in [-0.05, 0) is 37.3 Å². The van der Waals surface area contributed by atoms with Gasteiger partial charge in [-0.3, -0.25) is 5.84 Å². The van der Waals surface area contributed by atoms with Crippen LogP contribution in [0, 0.1) is 12.7 Å². The van der Waals surface area contributed by atoms with Crippen LogP contribution in [0.15, 0.2) is 45.4 Å². The first-order valence-electron chi connectivity index (χ1n) is 5.87. The number of aryl methyl sites for hydroxylation is 1. The second-order valence-corrected chi connectivity index (χ2v) is 4.42. The van der Waals surface area contributed by atoms with E-state index in [9.17, 15) is 4.39 Å². The van der Waals surface area contributed by atoms with Crippen LogP contribution in [0.2, 0.25) is 0 Å². The highest BCUT2D eigenvalue weighted by Gasteiger charge is 2.19. The van der Waals surface area contributed by atoms with Gasteiger partial charge < -0.3 is 8.83 Å². The van der Waals surface area contributed by atoms with Gasteiger partial charge in [0, 0.05) is 10.9 Å². The zero-order valence-electron chi connectivity index (χ0n) is 10.3. The third-order valence-electron chi connectivity index (χ3n) is 3.03. The molecule has 0 radical (unpaired) electrons. The number of nitrogens with one attached hydrogen (secondary N) is 1. The molecular formula is C14H13FN2O2. The minimum Gasteiger partial charge on any atom is -0.469 e. The van der Waals surface area contributed by atoms with Gasteiger partial charge in [-0.15, -0.1) is 0 Å². The summed E-state index contributed by atoms with van der Waals surface area (Å²) in [4.78, 5) is 0. The number of benzene rings is 1. The van der Waals surface area contributed by atoms with Crippen LogP contribution in [-0.2, 0) is 0 Å². The van der Waals surface area contributed by atoms with E-state index in [1.54, 1.807) is 18.4 Å². The standard InChI is InChI=1S/C14H13FN2O2/c1-8-4-10(7-18-8)14(17-16)13-6-9-5-11(15)2-3-12(9)19-13/h2-7,14,17H,16H2,1H3. The second kappa shape index (κ2) is 4.53. The van der Waals surface area contributed by atoms with Gasteiger partial charge in [-0.1, -0.05) is 0 Å². The van der Waals surface area contributed by atoms with Gasteiger partial charge in [0.2, 0.25) is 0 Å². The van der Waals surface area contributed by atoms with Crippen LogP contribution < -0.4 is 11.3 Å². The molecule has 0 saturated heterocycles. The predicted molar refractivity (Wildman–Crippen MR) is 68.8 cm³/mol. The highest BCUT2D eigenvalue weighted by Crippen LogP contribution is 2.29. The molecular weight excluding hydrogens is 247 g/mol. The minimum absolute atomic E-state index is 0.295. The van der Waals surface area contributed by atoms with Crippen molar-refractivity contribution < 1.29 is 13.2 Å². The minimum atomic E-state index is -0.326. The zero-order valence-corrected chi connectivity index (χ0v) is 10.3. The van der Waals surface area contributed by atoms with Crippen LogP contribution in [0.1, 0.15) is 23.1 Å². The molecule has 19 heavy (non-hydrogen) atoms. The molecule has 0 amide bonds. The normalized spacial score (nSPS) is 13.0. The summed E-state index contributed by atoms with van der Waals surface area (Å²) >= 11 is 0. The lowest BCUT2D eigenvalue weighted by Gasteiger charge is -2.10. The Morgan fingerprint density at radius 1 is 1.26 bits per heavy atom. The average molecular weight is 260 g/mol. The molecule has 0 spiro atoms. The van der Waals surface area contributed by atoms with Crippen molar-refractivity contribution in [2.24, 2.45) is 5.84 Å². The number of hydrogen-bond acceptors (Lipinski definition) is 4. The number of fused-ring (bicyclic) bond motifs is 1. The van der Waals surface area contributed by atoms with Gasteiger partial charge in [-0.2, -0.15) is 0 Å². The van der Waals surface area contributed by atoms with Gasteiger partial charge in [0.15, 0.2) is 0 Å². The maximum atomic E-state index is 13.2. The van der Waals surface area contributed by atoms with Crippen LogP contribution in [0.25, 0.3) is 11.0 Å². The molecule has 0 fully saturated rings. The summed E-state index contributed by atoms with van der Waals surface area (Å²) in [6, 6.07) is 7.71. The molecule has 3 N–H and O–H groups in total. The molecule has 0 aliphatic heterocycles. The molecule has 0 bridgehead atoms. The van der Waals surface area contributed by atoms with E-state index in [1.165, 1.54) is 12.1 Å². The van der Waals surface area contributed by atoms with Crippen LogP contribution in [0.3, 0.4) is 0 Å². The van der Waals surface area contributed by atoms with Crippen LogP contribution in [-0.4, -0.2) is 0 Å². The molecule has 4 nitrogen and oxygen atoms in total. The Hall–Kier alpha value is -2.11. The molecule has 2 heterocycles. The van der Waals surface area contributed by atoms with Crippen molar-refractivity contribution in [2.45, 2.75) is 13.0 Å². The van der Waals surface area contributed by atoms with Crippen molar-refractivity contribution in [1.82, 2.24) is 5.43 Å². The van der Waals surface area contributed by atoms with Crippen LogP contribution in [0.5, 0.6) is 0 Å². The lowest BCUT2D eigenvalue weighted by molar-refractivity contribution is 0.470. The van der Waals surface area contributed by atoms with E-state index in [4.69, 9.17) is 14.7 Å². The molecule has 1 unspecified atom stereocenters. The summed E-state index contributed by atoms with van der Waals surface area (Å²) in [6.07, 6.45) is 1.62. The van der Waals surface area contributed by atoms with E-state index in [0.717, 1.165) is 11.3 Å². The van der Waals surface area contributed by atoms with E-state index in [-0.39, 0.29) is 11.9 Å². The van der Waals surface area contributed by atoms with E-state index in [2.05, 4.69) is 5.43 Å². The van der Waals surface area contributed by atoms with Crippen molar-refractivity contribution in [3.8, 4) is 0 Å². The monoisotopic (exact) mass is 260 g/mol. The van der Waals surface area contributed by atoms with E-state index < -0.39 is 0 Å². The summed E-state index contributed by atoms with van der Waals surface area (Å²) < 4.78 is 24.1. The summed E-state index contributed by atoms with van der Waals surface area (Å²) in [5.41, 5.74) is 4.16. The molecule has 3 aromatic rings. The molecule has 0 aliphatic carbocycles. The highest BCUT2D eigenvalue weighted by molar-refractivity contribution is 5.78. The first kappa shape index (κ1) is 12.0. The van der Waals surface area contributed by atoms with Gasteiger partial charge in [-0.25, -0.2) is 9.82 Å². The average Bonchev–Trinajstić information content (AvgIpc) is 2.96. The Labute approximate surface area is 109 Å². The third kappa shape index (κ3) is 2.14. The fourth-order valence-corrected chi connectivity index (χ4v) is 2.13. The molecule has 3 rings (SSSR count). The predicted octanol–water partition coefficient (Wildman–Crippen LogP) is 3.03. The van der Waals surface area contributed by atoms with Gasteiger partial charge in [0.05, 0.1) is 6.26 Å². The molecule has 98 valence electrons. The molecule has 5 heteroatoms. The van der Waals surface area contributed by atoms with Crippen molar-refractivity contribution in [3.63, 3.8) is 0 Å². The maximum Gasteiger partial charge on any atom is 0.134 e. The third-order valence-corrected chi connectivity index (χ3v) is 3.03. The van der Waals surface area contributed by atoms with Crippen molar-refractivity contribution in [2.75, 3.05) is 0 Å². The smallest absolute Gasteiger partial charge is 0.134 e. The summed E-state index contributed by atoms with van der Waals surface area (Å²) in [6.45, 7) is 1.85. The molecule has 1 atom stereocenters. The Morgan fingerprint density at radius 3 is 2.79 bits per heavy atom. The highest BCUT2D eigenvalue weighted by atomic mass is 19.1. The molecule has 2 aromatic heterocycles. The zero-order chi connectivity index (χ0) is 13.4. The fourth-order valence-electron chi connectivity index (χ4n) is 2.13. The van der Waals surface area contributed by atoms with Crippen LogP contribution >= 0.6 is 0 Å². The van der Waals surface area contributed by atoms with Gasteiger partial charge in [0.1, 0.15) is 29.0 Å². The first-order chi connectivity index (χ1) is 9.17. The van der Waals surface area contributed by atoms with E-state index >= 15 is 0 Å². The number of furan rings is 2. The number of hydrogen-bond donors (Lipinski definition) is 2. The van der Waals surface area contributed by atoms with Crippen molar-refractivity contribution in [1.29, 1.82) is 0 Å². The Morgan fingerprint density at radius 2 is 2.11 bits per heavy atom. The number of halogens is 1. The summed E-state index contributed by atoms with van der Waals surface area (Å²) in [5, 5.41) is 0.704. The van der Waals surface area contributed by atoms with Crippen LogP contribution in [0.4, 0.5) is 4.39 Å². The van der Waals surface area contributed by atoms with E-state index in [0.29, 0.717) is 16.7 Å². The van der Waals surface area contributed by atoms with Crippen molar-refractivity contribution >= 4 is 11.0 Å². The van der Waals surface area contributed by atoms with Gasteiger partial charge in [0.25, 0.3) is 0 Å². The molecule has 0 aliphatic rings.